The molecule has 0 saturated carbocycles. The number of carbonyl (C=O) groups excluding carboxylic acids is 1. The van der Waals surface area contributed by atoms with Crippen LogP contribution in [-0.4, -0.2) is 23.2 Å². The first kappa shape index (κ1) is 11.0. The number of fused-ring (bicyclic) bond motifs is 1. The number of hydrogen-bond donors (Lipinski definition) is 2. The van der Waals surface area contributed by atoms with Crippen LogP contribution in [0.5, 0.6) is 0 Å². The maximum atomic E-state index is 12.2. The van der Waals surface area contributed by atoms with Gasteiger partial charge in [-0.1, -0.05) is 18.2 Å². The number of anilines is 1. The molecule has 1 aliphatic heterocycles. The average Bonchev–Trinajstić information content (AvgIpc) is 2.98. The van der Waals surface area contributed by atoms with E-state index in [1.807, 2.05) is 30.3 Å². The third-order valence-corrected chi connectivity index (χ3v) is 3.24. The molecule has 18 heavy (non-hydrogen) atoms. The third kappa shape index (κ3) is 1.69. The summed E-state index contributed by atoms with van der Waals surface area (Å²) < 4.78 is 0. The van der Waals surface area contributed by atoms with Crippen molar-refractivity contribution < 1.29 is 4.79 Å². The second-order valence-corrected chi connectivity index (χ2v) is 4.35. The predicted octanol–water partition coefficient (Wildman–Crippen LogP) is 1.22. The van der Waals surface area contributed by atoms with Crippen molar-refractivity contribution in [3.8, 4) is 0 Å². The molecule has 3 rings (SSSR count). The fourth-order valence-electron chi connectivity index (χ4n) is 2.27. The molecule has 1 amide bonds. The van der Waals surface area contributed by atoms with Gasteiger partial charge in [0.15, 0.2) is 0 Å². The average molecular weight is 242 g/mol. The van der Waals surface area contributed by atoms with Gasteiger partial charge in [0.2, 0.25) is 5.91 Å². The molecule has 1 atom stereocenters. The first-order chi connectivity index (χ1) is 8.77. The molecule has 1 aliphatic rings. The molecular formula is C13H14N4O. The number of aromatic amines is 1. The molecule has 2 N–H and O–H groups in total. The molecule has 0 spiro atoms. The van der Waals surface area contributed by atoms with E-state index >= 15 is 0 Å². The minimum absolute atomic E-state index is 0.0794. The van der Waals surface area contributed by atoms with Gasteiger partial charge in [-0.2, -0.15) is 5.10 Å². The molecular weight excluding hydrogens is 228 g/mol. The summed E-state index contributed by atoms with van der Waals surface area (Å²) >= 11 is 0. The molecule has 1 aromatic carbocycles. The Morgan fingerprint density at radius 3 is 3.00 bits per heavy atom. The zero-order valence-corrected chi connectivity index (χ0v) is 10.1. The molecule has 0 saturated heterocycles. The van der Waals surface area contributed by atoms with Gasteiger partial charge in [-0.15, -0.1) is 0 Å². The second-order valence-electron chi connectivity index (χ2n) is 4.35. The number of H-pyrrole nitrogens is 1. The van der Waals surface area contributed by atoms with Gasteiger partial charge in [-0.3, -0.25) is 15.2 Å². The summed E-state index contributed by atoms with van der Waals surface area (Å²) in [4.78, 5) is 13.9. The third-order valence-electron chi connectivity index (χ3n) is 3.24. The van der Waals surface area contributed by atoms with Crippen molar-refractivity contribution >= 4 is 11.6 Å². The largest absolute Gasteiger partial charge is 0.313 e. The minimum atomic E-state index is -0.269. The lowest BCUT2D eigenvalue weighted by atomic mass is 10.1. The van der Waals surface area contributed by atoms with Gasteiger partial charge in [0.05, 0.1) is 0 Å². The second kappa shape index (κ2) is 4.27. The van der Waals surface area contributed by atoms with Crippen molar-refractivity contribution in [1.29, 1.82) is 0 Å². The Balaban J connectivity index is 1.82. The van der Waals surface area contributed by atoms with E-state index in [9.17, 15) is 4.79 Å². The molecule has 0 radical (unpaired) electrons. The Kier molecular flexibility index (Phi) is 2.60. The maximum Gasteiger partial charge on any atom is 0.248 e. The van der Waals surface area contributed by atoms with E-state index in [1.165, 1.54) is 0 Å². The van der Waals surface area contributed by atoms with Crippen LogP contribution < -0.4 is 10.2 Å². The van der Waals surface area contributed by atoms with Crippen LogP contribution in [0.4, 0.5) is 5.69 Å². The van der Waals surface area contributed by atoms with Crippen LogP contribution in [0.1, 0.15) is 17.3 Å². The summed E-state index contributed by atoms with van der Waals surface area (Å²) in [6, 6.07) is 9.47. The number of para-hydroxylation sites is 1. The van der Waals surface area contributed by atoms with Crippen LogP contribution in [0.15, 0.2) is 36.5 Å². The summed E-state index contributed by atoms with van der Waals surface area (Å²) in [6.45, 7) is 0.596. The van der Waals surface area contributed by atoms with E-state index in [-0.39, 0.29) is 11.9 Å². The highest BCUT2D eigenvalue weighted by Crippen LogP contribution is 2.34. The van der Waals surface area contributed by atoms with Crippen molar-refractivity contribution in [1.82, 2.24) is 15.5 Å². The number of rotatable bonds is 3. The quantitative estimate of drug-likeness (QED) is 0.850. The molecule has 2 aromatic rings. The van der Waals surface area contributed by atoms with Crippen molar-refractivity contribution in [3.05, 3.63) is 47.8 Å². The van der Waals surface area contributed by atoms with Crippen LogP contribution in [-0.2, 0) is 11.3 Å². The molecule has 2 heterocycles. The summed E-state index contributed by atoms with van der Waals surface area (Å²) in [5.74, 6) is 0.0794. The zero-order valence-electron chi connectivity index (χ0n) is 10.1. The number of likely N-dealkylation sites (N-methyl/N-ethyl adjacent to an activating group) is 1. The predicted molar refractivity (Wildman–Crippen MR) is 68.0 cm³/mol. The maximum absolute atomic E-state index is 12.2. The highest BCUT2D eigenvalue weighted by molar-refractivity contribution is 6.04. The summed E-state index contributed by atoms with van der Waals surface area (Å²) in [6.07, 6.45) is 1.70. The number of hydrogen-bond acceptors (Lipinski definition) is 3. The fourth-order valence-corrected chi connectivity index (χ4v) is 2.27. The smallest absolute Gasteiger partial charge is 0.248 e. The molecule has 92 valence electrons. The lowest BCUT2D eigenvalue weighted by Gasteiger charge is -2.12. The number of amides is 1. The van der Waals surface area contributed by atoms with Gasteiger partial charge >= 0.3 is 0 Å². The van der Waals surface area contributed by atoms with Crippen molar-refractivity contribution in [3.63, 3.8) is 0 Å². The standard InChI is InChI=1S/C13H14N4O/c1-17-11-5-3-2-4-10(11)12(13(17)18)14-8-9-6-7-15-16-9/h2-7,12,14H,8H2,1H3,(H,15,16). The normalized spacial score (nSPS) is 18.2. The first-order valence-corrected chi connectivity index (χ1v) is 5.85. The van der Waals surface area contributed by atoms with E-state index in [2.05, 4.69) is 15.5 Å². The van der Waals surface area contributed by atoms with Crippen molar-refractivity contribution in [2.24, 2.45) is 0 Å². The van der Waals surface area contributed by atoms with Crippen LogP contribution in [0.25, 0.3) is 0 Å². The van der Waals surface area contributed by atoms with E-state index in [1.54, 1.807) is 18.1 Å². The molecule has 5 nitrogen and oxygen atoms in total. The van der Waals surface area contributed by atoms with E-state index in [0.29, 0.717) is 6.54 Å². The van der Waals surface area contributed by atoms with Gasteiger partial charge in [0, 0.05) is 36.7 Å². The Morgan fingerprint density at radius 2 is 2.22 bits per heavy atom. The summed E-state index contributed by atoms with van der Waals surface area (Å²) in [5.41, 5.74) is 2.98. The molecule has 1 aromatic heterocycles. The lowest BCUT2D eigenvalue weighted by molar-refractivity contribution is -0.119. The van der Waals surface area contributed by atoms with E-state index < -0.39 is 0 Å². The highest BCUT2D eigenvalue weighted by Gasteiger charge is 2.34. The molecule has 0 fully saturated rings. The SMILES string of the molecule is CN1C(=O)C(NCc2ccn[nH]2)c2ccccc21. The van der Waals surface area contributed by atoms with Gasteiger partial charge in [-0.25, -0.2) is 0 Å². The summed E-state index contributed by atoms with van der Waals surface area (Å²) in [5, 5.41) is 10.0. The van der Waals surface area contributed by atoms with Crippen LogP contribution in [0, 0.1) is 0 Å². The summed E-state index contributed by atoms with van der Waals surface area (Å²) in [7, 11) is 1.80. The van der Waals surface area contributed by atoms with Crippen LogP contribution in [0.2, 0.25) is 0 Å². The van der Waals surface area contributed by atoms with Crippen molar-refractivity contribution in [2.75, 3.05) is 11.9 Å². The van der Waals surface area contributed by atoms with E-state index in [0.717, 1.165) is 16.9 Å². The zero-order chi connectivity index (χ0) is 12.5. The topological polar surface area (TPSA) is 61.0 Å². The Morgan fingerprint density at radius 1 is 1.39 bits per heavy atom. The van der Waals surface area contributed by atoms with Crippen LogP contribution in [0.3, 0.4) is 0 Å². The van der Waals surface area contributed by atoms with Gasteiger partial charge in [0.25, 0.3) is 0 Å². The Labute approximate surface area is 105 Å². The highest BCUT2D eigenvalue weighted by atomic mass is 16.2. The monoisotopic (exact) mass is 242 g/mol. The first-order valence-electron chi connectivity index (χ1n) is 5.85. The number of benzene rings is 1. The van der Waals surface area contributed by atoms with Crippen molar-refractivity contribution in [2.45, 2.75) is 12.6 Å². The fraction of sp³-hybridized carbons (Fsp3) is 0.231. The molecule has 0 bridgehead atoms. The number of nitrogens with one attached hydrogen (secondary N) is 2. The number of aromatic nitrogens is 2. The minimum Gasteiger partial charge on any atom is -0.313 e. The molecule has 0 aliphatic carbocycles. The molecule has 5 heteroatoms. The van der Waals surface area contributed by atoms with E-state index in [4.69, 9.17) is 0 Å². The Bertz CT molecular complexity index is 564. The van der Waals surface area contributed by atoms with Crippen LogP contribution >= 0.6 is 0 Å². The lowest BCUT2D eigenvalue weighted by Crippen LogP contribution is -2.32. The molecule has 1 unspecified atom stereocenters. The van der Waals surface area contributed by atoms with Gasteiger partial charge in [0.1, 0.15) is 6.04 Å². The Hall–Kier alpha value is -2.14. The number of nitrogens with zero attached hydrogens (tertiary/aromatic N) is 2. The number of carbonyl (C=O) groups is 1. The van der Waals surface area contributed by atoms with Gasteiger partial charge < -0.3 is 4.90 Å². The van der Waals surface area contributed by atoms with Gasteiger partial charge in [-0.05, 0) is 12.1 Å².